The zero-order valence-corrected chi connectivity index (χ0v) is 15.6. The molecule has 0 radical (unpaired) electrons. The predicted octanol–water partition coefficient (Wildman–Crippen LogP) is 3.22. The van der Waals surface area contributed by atoms with E-state index in [0.29, 0.717) is 34.9 Å². The van der Waals surface area contributed by atoms with E-state index in [1.54, 1.807) is 54.3 Å². The number of hydrogen-bond donors (Lipinski definition) is 2. The van der Waals surface area contributed by atoms with Gasteiger partial charge in [-0.2, -0.15) is 0 Å². The third-order valence-corrected chi connectivity index (χ3v) is 4.66. The molecule has 0 spiro atoms. The number of halogens is 1. The molecule has 0 aromatic heterocycles. The highest BCUT2D eigenvalue weighted by Crippen LogP contribution is 2.31. The molecule has 2 aromatic rings. The summed E-state index contributed by atoms with van der Waals surface area (Å²) in [5.41, 5.74) is 1.63. The topological polar surface area (TPSA) is 78.5 Å². The van der Waals surface area contributed by atoms with E-state index in [2.05, 4.69) is 10.6 Å². The van der Waals surface area contributed by atoms with Gasteiger partial charge in [-0.1, -0.05) is 29.8 Å². The van der Waals surface area contributed by atoms with Crippen LogP contribution in [0.15, 0.2) is 48.5 Å². The number of anilines is 2. The summed E-state index contributed by atoms with van der Waals surface area (Å²) < 4.78 is 0. The van der Waals surface area contributed by atoms with Crippen LogP contribution in [0.1, 0.15) is 30.1 Å². The zero-order chi connectivity index (χ0) is 19.4. The number of benzene rings is 2. The van der Waals surface area contributed by atoms with Crippen LogP contribution in [0.2, 0.25) is 5.02 Å². The molecule has 2 aromatic carbocycles. The van der Waals surface area contributed by atoms with E-state index in [1.165, 1.54) is 0 Å². The monoisotopic (exact) mass is 385 g/mol. The number of nitrogens with zero attached hydrogens (tertiary/aromatic N) is 1. The standard InChI is InChI=1S/C20H20ClN3O3/c1-13(22-20(27)14-6-3-2-4-7-14)19(26)23-15-9-10-17(16(21)12-15)24-11-5-8-18(24)25/h2-4,6-7,9-10,12-13H,5,8,11H2,1H3,(H,22,27)(H,23,26)/t13-/m0/s1. The second kappa shape index (κ2) is 8.22. The average Bonchev–Trinajstić information content (AvgIpc) is 3.08. The Morgan fingerprint density at radius 1 is 1.15 bits per heavy atom. The zero-order valence-electron chi connectivity index (χ0n) is 14.9. The molecule has 7 heteroatoms. The fourth-order valence-electron chi connectivity index (χ4n) is 2.89. The molecule has 6 nitrogen and oxygen atoms in total. The molecular weight excluding hydrogens is 366 g/mol. The summed E-state index contributed by atoms with van der Waals surface area (Å²) >= 11 is 6.29. The predicted molar refractivity (Wildman–Crippen MR) is 105 cm³/mol. The molecule has 0 saturated carbocycles. The quantitative estimate of drug-likeness (QED) is 0.829. The molecule has 1 fully saturated rings. The van der Waals surface area contributed by atoms with Gasteiger partial charge in [0.1, 0.15) is 6.04 Å². The maximum Gasteiger partial charge on any atom is 0.251 e. The Hall–Kier alpha value is -2.86. The number of carbonyl (C=O) groups excluding carboxylic acids is 3. The van der Waals surface area contributed by atoms with Crippen LogP contribution in [0.4, 0.5) is 11.4 Å². The van der Waals surface area contributed by atoms with Gasteiger partial charge in [0.2, 0.25) is 11.8 Å². The highest BCUT2D eigenvalue weighted by Gasteiger charge is 2.24. The van der Waals surface area contributed by atoms with Crippen LogP contribution in [0.3, 0.4) is 0 Å². The van der Waals surface area contributed by atoms with Crippen LogP contribution in [0.5, 0.6) is 0 Å². The molecule has 140 valence electrons. The van der Waals surface area contributed by atoms with Gasteiger partial charge in [0.25, 0.3) is 5.91 Å². The van der Waals surface area contributed by atoms with Gasteiger partial charge in [0.05, 0.1) is 10.7 Å². The van der Waals surface area contributed by atoms with E-state index >= 15 is 0 Å². The van der Waals surface area contributed by atoms with E-state index in [9.17, 15) is 14.4 Å². The Kier molecular flexibility index (Phi) is 5.76. The first-order valence-corrected chi connectivity index (χ1v) is 9.10. The molecule has 0 unspecified atom stereocenters. The van der Waals surface area contributed by atoms with Crippen LogP contribution < -0.4 is 15.5 Å². The smallest absolute Gasteiger partial charge is 0.251 e. The Balaban J connectivity index is 1.62. The minimum Gasteiger partial charge on any atom is -0.341 e. The minimum absolute atomic E-state index is 0.0472. The molecule has 1 heterocycles. The molecule has 3 rings (SSSR count). The van der Waals surface area contributed by atoms with Crippen molar-refractivity contribution in [1.82, 2.24) is 5.32 Å². The number of hydrogen-bond acceptors (Lipinski definition) is 3. The number of amides is 3. The van der Waals surface area contributed by atoms with Crippen molar-refractivity contribution in [2.45, 2.75) is 25.8 Å². The number of nitrogens with one attached hydrogen (secondary N) is 2. The van der Waals surface area contributed by atoms with Crippen LogP contribution in [-0.4, -0.2) is 30.3 Å². The van der Waals surface area contributed by atoms with Crippen LogP contribution >= 0.6 is 11.6 Å². The molecule has 27 heavy (non-hydrogen) atoms. The van der Waals surface area contributed by atoms with Gasteiger partial charge in [-0.25, -0.2) is 0 Å². The van der Waals surface area contributed by atoms with Crippen molar-refractivity contribution in [2.24, 2.45) is 0 Å². The van der Waals surface area contributed by atoms with E-state index in [1.807, 2.05) is 6.07 Å². The fourth-order valence-corrected chi connectivity index (χ4v) is 3.17. The summed E-state index contributed by atoms with van der Waals surface area (Å²) in [4.78, 5) is 38.0. The van der Waals surface area contributed by atoms with E-state index in [0.717, 1.165) is 6.42 Å². The Labute approximate surface area is 162 Å². The van der Waals surface area contributed by atoms with Crippen LogP contribution in [0.25, 0.3) is 0 Å². The summed E-state index contributed by atoms with van der Waals surface area (Å²) in [6, 6.07) is 13.0. The molecule has 0 aliphatic carbocycles. The molecule has 2 N–H and O–H groups in total. The van der Waals surface area contributed by atoms with Crippen molar-refractivity contribution < 1.29 is 14.4 Å². The van der Waals surface area contributed by atoms with E-state index in [-0.39, 0.29) is 17.7 Å². The van der Waals surface area contributed by atoms with Gasteiger partial charge >= 0.3 is 0 Å². The summed E-state index contributed by atoms with van der Waals surface area (Å²) in [6.07, 6.45) is 1.33. The van der Waals surface area contributed by atoms with Crippen molar-refractivity contribution >= 4 is 40.7 Å². The van der Waals surface area contributed by atoms with Gasteiger partial charge in [-0.15, -0.1) is 0 Å². The van der Waals surface area contributed by atoms with Crippen molar-refractivity contribution in [1.29, 1.82) is 0 Å². The second-order valence-corrected chi connectivity index (χ2v) is 6.77. The lowest BCUT2D eigenvalue weighted by atomic mass is 10.2. The van der Waals surface area contributed by atoms with Gasteiger partial charge in [-0.3, -0.25) is 14.4 Å². The molecule has 3 amide bonds. The SMILES string of the molecule is C[C@H](NC(=O)c1ccccc1)C(=O)Nc1ccc(N2CCCC2=O)c(Cl)c1. The van der Waals surface area contributed by atoms with Gasteiger partial charge in [0, 0.05) is 24.2 Å². The van der Waals surface area contributed by atoms with Crippen molar-refractivity contribution in [3.05, 3.63) is 59.1 Å². The first kappa shape index (κ1) is 18.9. The summed E-state index contributed by atoms with van der Waals surface area (Å²) in [7, 11) is 0. The number of carbonyl (C=O) groups is 3. The van der Waals surface area contributed by atoms with Crippen molar-refractivity contribution in [3.63, 3.8) is 0 Å². The summed E-state index contributed by atoms with van der Waals surface area (Å²) in [5.74, 6) is -0.634. The van der Waals surface area contributed by atoms with Crippen molar-refractivity contribution in [3.8, 4) is 0 Å². The van der Waals surface area contributed by atoms with Gasteiger partial charge < -0.3 is 15.5 Å². The molecular formula is C20H20ClN3O3. The van der Waals surface area contributed by atoms with Gasteiger partial charge in [-0.05, 0) is 43.7 Å². The van der Waals surface area contributed by atoms with E-state index < -0.39 is 6.04 Å². The van der Waals surface area contributed by atoms with Crippen molar-refractivity contribution in [2.75, 3.05) is 16.8 Å². The molecule has 1 atom stereocenters. The maximum absolute atomic E-state index is 12.4. The molecule has 0 bridgehead atoms. The summed E-state index contributed by atoms with van der Waals surface area (Å²) in [6.45, 7) is 2.25. The van der Waals surface area contributed by atoms with Gasteiger partial charge in [0.15, 0.2) is 0 Å². The lowest BCUT2D eigenvalue weighted by Gasteiger charge is -2.19. The first-order chi connectivity index (χ1) is 13.0. The third kappa shape index (κ3) is 4.46. The molecule has 1 aliphatic rings. The molecule has 1 saturated heterocycles. The maximum atomic E-state index is 12.4. The Morgan fingerprint density at radius 3 is 2.52 bits per heavy atom. The Bertz CT molecular complexity index is 870. The third-order valence-electron chi connectivity index (χ3n) is 4.36. The first-order valence-electron chi connectivity index (χ1n) is 8.72. The minimum atomic E-state index is -0.726. The van der Waals surface area contributed by atoms with Crippen LogP contribution in [0, 0.1) is 0 Å². The number of rotatable bonds is 5. The fraction of sp³-hybridized carbons (Fsp3) is 0.250. The lowest BCUT2D eigenvalue weighted by Crippen LogP contribution is -2.41. The molecule has 1 aliphatic heterocycles. The van der Waals surface area contributed by atoms with E-state index in [4.69, 9.17) is 11.6 Å². The highest BCUT2D eigenvalue weighted by molar-refractivity contribution is 6.34. The second-order valence-electron chi connectivity index (χ2n) is 6.37. The van der Waals surface area contributed by atoms with Crippen LogP contribution in [-0.2, 0) is 9.59 Å². The summed E-state index contributed by atoms with van der Waals surface area (Å²) in [5, 5.41) is 5.78. The largest absolute Gasteiger partial charge is 0.341 e. The average molecular weight is 386 g/mol. The highest BCUT2D eigenvalue weighted by atomic mass is 35.5. The normalized spacial score (nSPS) is 14.7. The lowest BCUT2D eigenvalue weighted by molar-refractivity contribution is -0.118. The Morgan fingerprint density at radius 2 is 1.89 bits per heavy atom.